The molecule has 0 unspecified atom stereocenters. The molecule has 2 nitrogen and oxygen atoms in total. The van der Waals surface area contributed by atoms with Gasteiger partial charge in [0.25, 0.3) is 0 Å². The zero-order valence-corrected chi connectivity index (χ0v) is 9.05. The summed E-state index contributed by atoms with van der Waals surface area (Å²) in [7, 11) is 1.93. The molecule has 16 heavy (non-hydrogen) atoms. The van der Waals surface area contributed by atoms with E-state index in [2.05, 4.69) is 0 Å². The molecule has 0 aliphatic carbocycles. The maximum absolute atomic E-state index is 12.4. The smallest absolute Gasteiger partial charge is 0.416 e. The van der Waals surface area contributed by atoms with Crippen molar-refractivity contribution < 1.29 is 23.2 Å². The fourth-order valence-corrected chi connectivity index (χ4v) is 1.24. The molecule has 0 aliphatic rings. The Morgan fingerprint density at radius 3 is 2.69 bits per heavy atom. The molecule has 0 saturated heterocycles. The van der Waals surface area contributed by atoms with Crippen molar-refractivity contribution in [3.8, 4) is 5.75 Å². The van der Waals surface area contributed by atoms with Crippen LogP contribution in [0.1, 0.15) is 12.0 Å². The van der Waals surface area contributed by atoms with Crippen molar-refractivity contribution in [2.75, 3.05) is 20.2 Å². The first-order valence-corrected chi connectivity index (χ1v) is 5.12. The predicted octanol–water partition coefficient (Wildman–Crippen LogP) is 1.67. The number of quaternary nitrogens is 1. The lowest BCUT2D eigenvalue weighted by atomic mass is 10.2. The summed E-state index contributed by atoms with van der Waals surface area (Å²) in [6.45, 7) is 1.34. The van der Waals surface area contributed by atoms with Crippen molar-refractivity contribution in [2.45, 2.75) is 12.6 Å². The third kappa shape index (κ3) is 4.10. The van der Waals surface area contributed by atoms with Gasteiger partial charge in [-0.3, -0.25) is 0 Å². The van der Waals surface area contributed by atoms with Crippen LogP contribution in [0.5, 0.6) is 5.75 Å². The van der Waals surface area contributed by atoms with Crippen molar-refractivity contribution in [1.82, 2.24) is 0 Å². The van der Waals surface area contributed by atoms with Gasteiger partial charge >= 0.3 is 6.18 Å². The first-order chi connectivity index (χ1) is 7.54. The Kier molecular flexibility index (Phi) is 4.61. The molecule has 0 saturated carbocycles. The van der Waals surface area contributed by atoms with E-state index in [9.17, 15) is 13.2 Å². The Morgan fingerprint density at radius 1 is 1.31 bits per heavy atom. The number of alkyl halides is 3. The van der Waals surface area contributed by atoms with E-state index in [0.29, 0.717) is 6.61 Å². The molecule has 0 bridgehead atoms. The minimum atomic E-state index is -4.31. The number of halogens is 3. The average molecular weight is 234 g/mol. The van der Waals surface area contributed by atoms with Gasteiger partial charge in [0.2, 0.25) is 0 Å². The van der Waals surface area contributed by atoms with Gasteiger partial charge in [0.05, 0.1) is 25.8 Å². The van der Waals surface area contributed by atoms with Gasteiger partial charge in [-0.1, -0.05) is 6.07 Å². The third-order valence-corrected chi connectivity index (χ3v) is 2.07. The molecule has 1 aromatic rings. The number of benzene rings is 1. The largest absolute Gasteiger partial charge is 0.493 e. The van der Waals surface area contributed by atoms with Crippen LogP contribution in [0.2, 0.25) is 0 Å². The lowest BCUT2D eigenvalue weighted by Gasteiger charge is -2.09. The summed E-state index contributed by atoms with van der Waals surface area (Å²) < 4.78 is 42.3. The monoisotopic (exact) mass is 234 g/mol. The minimum Gasteiger partial charge on any atom is -0.493 e. The molecule has 90 valence electrons. The van der Waals surface area contributed by atoms with Crippen molar-refractivity contribution in [2.24, 2.45) is 0 Å². The molecular weight excluding hydrogens is 219 g/mol. The highest BCUT2D eigenvalue weighted by molar-refractivity contribution is 5.30. The van der Waals surface area contributed by atoms with E-state index in [1.807, 2.05) is 12.4 Å². The molecule has 1 rings (SSSR count). The maximum atomic E-state index is 12.4. The number of hydrogen-bond acceptors (Lipinski definition) is 1. The Hall–Kier alpha value is -1.23. The standard InChI is InChI=1S/C11H14F3NO/c1-15-6-3-7-16-10-5-2-4-9(8-10)11(12,13)14/h2,4-5,8,15H,3,6-7H2,1H3/p+1. The van der Waals surface area contributed by atoms with E-state index >= 15 is 0 Å². The van der Waals surface area contributed by atoms with Crippen LogP contribution in [-0.4, -0.2) is 20.2 Å². The highest BCUT2D eigenvalue weighted by atomic mass is 19.4. The van der Waals surface area contributed by atoms with Gasteiger partial charge in [-0.05, 0) is 18.2 Å². The Balaban J connectivity index is 2.54. The Morgan fingerprint density at radius 2 is 2.06 bits per heavy atom. The van der Waals surface area contributed by atoms with E-state index in [4.69, 9.17) is 4.74 Å². The second-order valence-corrected chi connectivity index (χ2v) is 3.42. The van der Waals surface area contributed by atoms with E-state index in [1.54, 1.807) is 0 Å². The third-order valence-electron chi connectivity index (χ3n) is 2.07. The molecule has 0 fully saturated rings. The second kappa shape index (κ2) is 5.75. The highest BCUT2D eigenvalue weighted by Gasteiger charge is 2.30. The van der Waals surface area contributed by atoms with Crippen molar-refractivity contribution in [1.29, 1.82) is 0 Å². The van der Waals surface area contributed by atoms with Crippen LogP contribution in [0.4, 0.5) is 13.2 Å². The van der Waals surface area contributed by atoms with Crippen LogP contribution in [-0.2, 0) is 6.18 Å². The summed E-state index contributed by atoms with van der Waals surface area (Å²) in [5, 5.41) is 2.00. The molecule has 0 spiro atoms. The van der Waals surface area contributed by atoms with Crippen LogP contribution in [0.15, 0.2) is 24.3 Å². The van der Waals surface area contributed by atoms with Gasteiger partial charge in [0, 0.05) is 6.42 Å². The van der Waals surface area contributed by atoms with Gasteiger partial charge in [0.1, 0.15) is 5.75 Å². The minimum absolute atomic E-state index is 0.269. The van der Waals surface area contributed by atoms with E-state index in [0.717, 1.165) is 25.1 Å². The predicted molar refractivity (Wildman–Crippen MR) is 54.3 cm³/mol. The first kappa shape index (κ1) is 12.8. The van der Waals surface area contributed by atoms with Gasteiger partial charge in [-0.25, -0.2) is 0 Å². The molecule has 0 radical (unpaired) electrons. The Labute approximate surface area is 92.4 Å². The van der Waals surface area contributed by atoms with Crippen LogP contribution >= 0.6 is 0 Å². The van der Waals surface area contributed by atoms with Crippen molar-refractivity contribution in [3.05, 3.63) is 29.8 Å². The van der Waals surface area contributed by atoms with Crippen molar-refractivity contribution >= 4 is 0 Å². The zero-order valence-electron chi connectivity index (χ0n) is 9.05. The normalized spacial score (nSPS) is 11.5. The van der Waals surface area contributed by atoms with E-state index in [1.165, 1.54) is 12.1 Å². The summed E-state index contributed by atoms with van der Waals surface area (Å²) in [5.41, 5.74) is -0.674. The second-order valence-electron chi connectivity index (χ2n) is 3.42. The molecule has 0 heterocycles. The van der Waals surface area contributed by atoms with Crippen LogP contribution in [0, 0.1) is 0 Å². The molecule has 2 N–H and O–H groups in total. The number of nitrogens with two attached hydrogens (primary N) is 1. The quantitative estimate of drug-likeness (QED) is 0.770. The van der Waals surface area contributed by atoms with E-state index in [-0.39, 0.29) is 5.75 Å². The number of ether oxygens (including phenoxy) is 1. The van der Waals surface area contributed by atoms with Crippen LogP contribution in [0.3, 0.4) is 0 Å². The average Bonchev–Trinajstić information content (AvgIpc) is 2.24. The molecule has 0 amide bonds. The van der Waals surface area contributed by atoms with Gasteiger partial charge in [-0.2, -0.15) is 13.2 Å². The summed E-state index contributed by atoms with van der Waals surface area (Å²) in [5.74, 6) is 0.269. The first-order valence-electron chi connectivity index (χ1n) is 5.12. The fraction of sp³-hybridized carbons (Fsp3) is 0.455. The SMILES string of the molecule is C[NH2+]CCCOc1cccc(C(F)(F)F)c1. The molecule has 0 aliphatic heterocycles. The summed E-state index contributed by atoms with van der Waals surface area (Å²) in [6.07, 6.45) is -3.50. The highest BCUT2D eigenvalue weighted by Crippen LogP contribution is 2.31. The van der Waals surface area contributed by atoms with E-state index < -0.39 is 11.7 Å². The van der Waals surface area contributed by atoms with Gasteiger partial charge < -0.3 is 10.1 Å². The maximum Gasteiger partial charge on any atom is 0.416 e. The molecular formula is C11H15F3NO+. The molecule has 0 aromatic heterocycles. The lowest BCUT2D eigenvalue weighted by Crippen LogP contribution is -2.79. The van der Waals surface area contributed by atoms with Gasteiger partial charge in [0.15, 0.2) is 0 Å². The lowest BCUT2D eigenvalue weighted by molar-refractivity contribution is -0.627. The molecule has 0 atom stereocenters. The van der Waals surface area contributed by atoms with Gasteiger partial charge in [-0.15, -0.1) is 0 Å². The Bertz CT molecular complexity index is 325. The molecule has 1 aromatic carbocycles. The van der Waals surface area contributed by atoms with Crippen molar-refractivity contribution in [3.63, 3.8) is 0 Å². The summed E-state index contributed by atoms with van der Waals surface area (Å²) >= 11 is 0. The summed E-state index contributed by atoms with van der Waals surface area (Å²) in [6, 6.07) is 4.94. The van der Waals surface area contributed by atoms with Crippen LogP contribution < -0.4 is 10.1 Å². The number of hydrogen-bond donors (Lipinski definition) is 1. The summed E-state index contributed by atoms with van der Waals surface area (Å²) in [4.78, 5) is 0. The number of rotatable bonds is 5. The zero-order chi connectivity index (χ0) is 12.0. The molecule has 5 heteroatoms. The van der Waals surface area contributed by atoms with Crippen LogP contribution in [0.25, 0.3) is 0 Å². The topological polar surface area (TPSA) is 25.8 Å². The fourth-order valence-electron chi connectivity index (χ4n) is 1.24.